The van der Waals surface area contributed by atoms with E-state index in [1.54, 1.807) is 16.2 Å². The van der Waals surface area contributed by atoms with Crippen molar-refractivity contribution in [1.82, 2.24) is 10.2 Å². The summed E-state index contributed by atoms with van der Waals surface area (Å²) in [6, 6.07) is 4.35. The summed E-state index contributed by atoms with van der Waals surface area (Å²) in [6.07, 6.45) is 1.74. The lowest BCUT2D eigenvalue weighted by Crippen LogP contribution is -2.38. The lowest BCUT2D eigenvalue weighted by atomic mass is 10.2. The van der Waals surface area contributed by atoms with Gasteiger partial charge in [-0.25, -0.2) is 4.79 Å². The summed E-state index contributed by atoms with van der Waals surface area (Å²) in [7, 11) is 0. The maximum Gasteiger partial charge on any atom is 0.410 e. The Morgan fingerprint density at radius 3 is 2.90 bits per heavy atom. The van der Waals surface area contributed by atoms with Crippen molar-refractivity contribution >= 4 is 29.0 Å². The molecule has 1 aromatic heterocycles. The Balaban J connectivity index is 1.69. The predicted octanol–water partition coefficient (Wildman–Crippen LogP) is 3.54. The largest absolute Gasteiger partial charge is 0.444 e. The summed E-state index contributed by atoms with van der Waals surface area (Å²) < 4.78 is 6.23. The molecule has 4 nitrogen and oxygen atoms in total. The lowest BCUT2D eigenvalue weighted by Gasteiger charge is -2.24. The Hall–Kier alpha value is -0.780. The summed E-state index contributed by atoms with van der Waals surface area (Å²) in [5.41, 5.74) is -0.430. The second-order valence-corrected chi connectivity index (χ2v) is 8.12. The zero-order chi connectivity index (χ0) is 15.5. The lowest BCUT2D eigenvalue weighted by molar-refractivity contribution is 0.0291. The highest BCUT2D eigenvalue weighted by Gasteiger charge is 2.29. The van der Waals surface area contributed by atoms with Gasteiger partial charge >= 0.3 is 6.09 Å². The van der Waals surface area contributed by atoms with Crippen LogP contribution in [0.3, 0.4) is 0 Å². The normalized spacial score (nSPS) is 19.0. The van der Waals surface area contributed by atoms with Crippen LogP contribution in [0, 0.1) is 0 Å². The van der Waals surface area contributed by atoms with Crippen molar-refractivity contribution in [3.05, 3.63) is 21.3 Å². The van der Waals surface area contributed by atoms with Crippen molar-refractivity contribution in [2.45, 2.75) is 45.3 Å². The first-order valence-corrected chi connectivity index (χ1v) is 8.48. The average molecular weight is 331 g/mol. The van der Waals surface area contributed by atoms with Crippen LogP contribution in [0.5, 0.6) is 0 Å². The average Bonchev–Trinajstić information content (AvgIpc) is 2.97. The highest BCUT2D eigenvalue weighted by atomic mass is 35.5. The summed E-state index contributed by atoms with van der Waals surface area (Å²) in [4.78, 5) is 15.0. The van der Waals surface area contributed by atoms with E-state index in [0.717, 1.165) is 36.8 Å². The topological polar surface area (TPSA) is 41.6 Å². The fraction of sp³-hybridized carbons (Fsp3) is 0.667. The van der Waals surface area contributed by atoms with E-state index in [9.17, 15) is 4.79 Å². The molecular formula is C15H23ClN2O2S. The fourth-order valence-corrected chi connectivity index (χ4v) is 3.39. The van der Waals surface area contributed by atoms with Gasteiger partial charge in [-0.3, -0.25) is 0 Å². The number of carbonyl (C=O) groups excluding carboxylic acids is 1. The Morgan fingerprint density at radius 1 is 1.52 bits per heavy atom. The van der Waals surface area contributed by atoms with Gasteiger partial charge in [0.2, 0.25) is 0 Å². The van der Waals surface area contributed by atoms with Gasteiger partial charge in [0.05, 0.1) is 4.34 Å². The molecule has 1 aromatic rings. The monoisotopic (exact) mass is 330 g/mol. The Morgan fingerprint density at radius 2 is 2.29 bits per heavy atom. The minimum atomic E-state index is -0.430. The Bertz CT molecular complexity index is 484. The summed E-state index contributed by atoms with van der Waals surface area (Å²) in [6.45, 7) is 8.07. The molecule has 118 valence electrons. The smallest absolute Gasteiger partial charge is 0.410 e. The first-order valence-electron chi connectivity index (χ1n) is 7.29. The zero-order valence-electron chi connectivity index (χ0n) is 12.8. The number of carbonyl (C=O) groups is 1. The molecule has 0 saturated carbocycles. The van der Waals surface area contributed by atoms with Crippen molar-refractivity contribution < 1.29 is 9.53 Å². The van der Waals surface area contributed by atoms with Gasteiger partial charge in [-0.1, -0.05) is 11.6 Å². The number of nitrogens with zero attached hydrogens (tertiary/aromatic N) is 1. The number of thiophene rings is 1. The van der Waals surface area contributed by atoms with Gasteiger partial charge in [-0.2, -0.15) is 0 Å². The minimum absolute atomic E-state index is 0.211. The van der Waals surface area contributed by atoms with Crippen LogP contribution in [0.25, 0.3) is 0 Å². The van der Waals surface area contributed by atoms with Gasteiger partial charge in [0.15, 0.2) is 0 Å². The minimum Gasteiger partial charge on any atom is -0.444 e. The Labute approximate surface area is 135 Å². The second kappa shape index (κ2) is 6.99. The van der Waals surface area contributed by atoms with Gasteiger partial charge in [-0.05, 0) is 45.7 Å². The number of hydrogen-bond donors (Lipinski definition) is 1. The third-order valence-corrected chi connectivity index (χ3v) is 4.56. The van der Waals surface area contributed by atoms with Gasteiger partial charge in [0.25, 0.3) is 0 Å². The molecule has 0 aliphatic carbocycles. The van der Waals surface area contributed by atoms with Crippen LogP contribution in [0.4, 0.5) is 4.79 Å². The van der Waals surface area contributed by atoms with Crippen molar-refractivity contribution in [2.75, 3.05) is 19.6 Å². The van der Waals surface area contributed by atoms with E-state index in [1.807, 2.05) is 26.8 Å². The highest BCUT2D eigenvalue weighted by Crippen LogP contribution is 2.21. The van der Waals surface area contributed by atoms with Crippen LogP contribution in [-0.4, -0.2) is 42.3 Å². The number of likely N-dealkylation sites (tertiary alicyclic amines) is 1. The van der Waals surface area contributed by atoms with Crippen LogP contribution >= 0.6 is 22.9 Å². The fourth-order valence-electron chi connectivity index (χ4n) is 2.30. The van der Waals surface area contributed by atoms with Crippen LogP contribution in [-0.2, 0) is 11.2 Å². The SMILES string of the molecule is CC(C)(C)OC(=O)N1CCC(NCCc2ccc(Cl)s2)C1. The molecule has 2 heterocycles. The molecule has 1 saturated heterocycles. The predicted molar refractivity (Wildman–Crippen MR) is 87.2 cm³/mol. The highest BCUT2D eigenvalue weighted by molar-refractivity contribution is 7.16. The molecule has 0 radical (unpaired) electrons. The van der Waals surface area contributed by atoms with Gasteiger partial charge in [0, 0.05) is 30.6 Å². The van der Waals surface area contributed by atoms with Crippen LogP contribution in [0.2, 0.25) is 4.34 Å². The van der Waals surface area contributed by atoms with Crippen LogP contribution < -0.4 is 5.32 Å². The van der Waals surface area contributed by atoms with E-state index in [0.29, 0.717) is 6.04 Å². The first-order chi connectivity index (χ1) is 9.83. The molecule has 21 heavy (non-hydrogen) atoms. The summed E-state index contributed by atoms with van der Waals surface area (Å²) in [5.74, 6) is 0. The molecule has 0 aromatic carbocycles. The number of halogens is 1. The molecule has 1 fully saturated rings. The number of nitrogens with one attached hydrogen (secondary N) is 1. The number of amides is 1. The standard InChI is InChI=1S/C15H23ClN2O2S/c1-15(2,3)20-14(19)18-9-7-11(10-18)17-8-6-12-4-5-13(16)21-12/h4-5,11,17H,6-10H2,1-3H3. The first kappa shape index (κ1) is 16.6. The second-order valence-electron chi connectivity index (χ2n) is 6.32. The Kier molecular flexibility index (Phi) is 5.52. The van der Waals surface area contributed by atoms with Crippen molar-refractivity contribution in [1.29, 1.82) is 0 Å². The maximum atomic E-state index is 12.0. The molecular weight excluding hydrogens is 308 g/mol. The maximum absolute atomic E-state index is 12.0. The van der Waals surface area contributed by atoms with Gasteiger partial charge in [0.1, 0.15) is 5.60 Å². The summed E-state index contributed by atoms with van der Waals surface area (Å²) in [5, 5.41) is 3.50. The molecule has 1 amide bonds. The van der Waals surface area contributed by atoms with Crippen molar-refractivity contribution in [2.24, 2.45) is 0 Å². The van der Waals surface area contributed by atoms with E-state index in [4.69, 9.17) is 16.3 Å². The molecule has 1 atom stereocenters. The molecule has 2 rings (SSSR count). The van der Waals surface area contributed by atoms with Gasteiger partial charge < -0.3 is 15.0 Å². The molecule has 1 aliphatic heterocycles. The third kappa shape index (κ3) is 5.49. The molecule has 1 unspecified atom stereocenters. The quantitative estimate of drug-likeness (QED) is 0.918. The van der Waals surface area contributed by atoms with Crippen LogP contribution in [0.1, 0.15) is 32.1 Å². The third-order valence-electron chi connectivity index (χ3n) is 3.27. The van der Waals surface area contributed by atoms with E-state index >= 15 is 0 Å². The molecule has 1 aliphatic rings. The molecule has 0 spiro atoms. The van der Waals surface area contributed by atoms with Gasteiger partial charge in [-0.15, -0.1) is 11.3 Å². The molecule has 6 heteroatoms. The van der Waals surface area contributed by atoms with E-state index in [-0.39, 0.29) is 6.09 Å². The molecule has 0 bridgehead atoms. The van der Waals surface area contributed by atoms with E-state index in [2.05, 4.69) is 11.4 Å². The number of hydrogen-bond acceptors (Lipinski definition) is 4. The zero-order valence-corrected chi connectivity index (χ0v) is 14.4. The van der Waals surface area contributed by atoms with Crippen molar-refractivity contribution in [3.63, 3.8) is 0 Å². The molecule has 1 N–H and O–H groups in total. The number of rotatable bonds is 4. The van der Waals surface area contributed by atoms with E-state index in [1.165, 1.54) is 4.88 Å². The van der Waals surface area contributed by atoms with E-state index < -0.39 is 5.60 Å². The van der Waals surface area contributed by atoms with Crippen LogP contribution in [0.15, 0.2) is 12.1 Å². The number of ether oxygens (including phenoxy) is 1. The van der Waals surface area contributed by atoms with Crippen molar-refractivity contribution in [3.8, 4) is 0 Å². The summed E-state index contributed by atoms with van der Waals surface area (Å²) >= 11 is 7.54.